The summed E-state index contributed by atoms with van der Waals surface area (Å²) in [6, 6.07) is 13.2. The smallest absolute Gasteiger partial charge is 0.340 e. The van der Waals surface area contributed by atoms with E-state index in [0.29, 0.717) is 34.9 Å². The summed E-state index contributed by atoms with van der Waals surface area (Å²) in [5, 5.41) is 2.58. The number of rotatable bonds is 8. The molecule has 0 fully saturated rings. The van der Waals surface area contributed by atoms with Gasteiger partial charge in [0.05, 0.1) is 28.8 Å². The summed E-state index contributed by atoms with van der Waals surface area (Å²) < 4.78 is 12.2. The van der Waals surface area contributed by atoms with Gasteiger partial charge in [0.1, 0.15) is 6.04 Å². The number of thioether (sulfide) groups is 1. The minimum atomic E-state index is -0.777. The number of hydrogen-bond donors (Lipinski definition) is 0. The van der Waals surface area contributed by atoms with E-state index in [1.165, 1.54) is 23.4 Å². The number of hydrogen-bond acceptors (Lipinski definition) is 6. The second kappa shape index (κ2) is 10.8. The summed E-state index contributed by atoms with van der Waals surface area (Å²) in [5.41, 5.74) is 1.51. The highest BCUT2D eigenvalue weighted by Crippen LogP contribution is 2.39. The third-order valence-corrected chi connectivity index (χ3v) is 7.97. The third-order valence-electron chi connectivity index (χ3n) is 6.00. The van der Waals surface area contributed by atoms with Gasteiger partial charge in [-0.25, -0.2) is 9.59 Å². The van der Waals surface area contributed by atoms with Crippen LogP contribution in [0.4, 0.5) is 0 Å². The molecule has 0 unspecified atom stereocenters. The first kappa shape index (κ1) is 24.5. The Morgan fingerprint density at radius 1 is 1.15 bits per heavy atom. The van der Waals surface area contributed by atoms with Gasteiger partial charge in [0.15, 0.2) is 0 Å². The zero-order valence-electron chi connectivity index (χ0n) is 19.1. The zero-order valence-corrected chi connectivity index (χ0v) is 21.5. The maximum absolute atomic E-state index is 13.4. The zero-order chi connectivity index (χ0) is 24.2. The number of fused-ring (bicyclic) bond motifs is 2. The fourth-order valence-corrected chi connectivity index (χ4v) is 6.08. The van der Waals surface area contributed by atoms with E-state index in [4.69, 9.17) is 9.47 Å². The molecule has 0 aliphatic carbocycles. The first-order valence-electron chi connectivity index (χ1n) is 11.3. The van der Waals surface area contributed by atoms with E-state index in [9.17, 15) is 14.4 Å². The topological polar surface area (TPSA) is 74.6 Å². The molecule has 0 amide bonds. The van der Waals surface area contributed by atoms with E-state index in [0.717, 1.165) is 35.6 Å². The van der Waals surface area contributed by atoms with E-state index >= 15 is 0 Å². The average molecular weight is 544 g/mol. The van der Waals surface area contributed by atoms with Crippen LogP contribution in [0.25, 0.3) is 10.8 Å². The SMILES string of the molecule is CCCCCOC(=O)[C@@H]1CSc2c(C(=O)OC)c(Cc3cccc4ccccc34)c(Br)c(=O)n21. The average Bonchev–Trinajstić information content (AvgIpc) is 3.30. The molecular formula is C26H26BrNO5S. The highest BCUT2D eigenvalue weighted by Gasteiger charge is 2.37. The predicted octanol–water partition coefficient (Wildman–Crippen LogP) is 5.52. The van der Waals surface area contributed by atoms with Crippen LogP contribution in [0.15, 0.2) is 56.8 Å². The molecule has 0 saturated heterocycles. The Morgan fingerprint density at radius 3 is 2.68 bits per heavy atom. The molecule has 0 bridgehead atoms. The number of pyridine rings is 1. The minimum Gasteiger partial charge on any atom is -0.465 e. The standard InChI is InChI=1S/C26H26BrNO5S/c1-3-4-7-13-33-25(30)20-15-34-24-21(26(31)32-2)19(22(27)23(29)28(20)24)14-17-11-8-10-16-9-5-6-12-18(16)17/h5-6,8-12,20H,3-4,7,13-15H2,1-2H3/t20-/m0/s1. The van der Waals surface area contributed by atoms with Crippen LogP contribution in [-0.2, 0) is 20.7 Å². The second-order valence-electron chi connectivity index (χ2n) is 8.16. The van der Waals surface area contributed by atoms with Gasteiger partial charge in [-0.05, 0) is 44.3 Å². The molecule has 1 aliphatic rings. The summed E-state index contributed by atoms with van der Waals surface area (Å²) in [7, 11) is 1.32. The molecule has 1 aromatic heterocycles. The van der Waals surface area contributed by atoms with E-state index in [1.807, 2.05) is 42.5 Å². The van der Waals surface area contributed by atoms with Gasteiger partial charge in [0.25, 0.3) is 5.56 Å². The van der Waals surface area contributed by atoms with Crippen molar-refractivity contribution >= 4 is 50.4 Å². The van der Waals surface area contributed by atoms with E-state index < -0.39 is 18.0 Å². The number of ether oxygens (including phenoxy) is 2. The summed E-state index contributed by atoms with van der Waals surface area (Å²) >= 11 is 4.76. The Labute approximate surface area is 210 Å². The number of unbranched alkanes of at least 4 members (excludes halogenated alkanes) is 2. The van der Waals surface area contributed by atoms with Crippen molar-refractivity contribution in [1.82, 2.24) is 4.57 Å². The van der Waals surface area contributed by atoms with Crippen LogP contribution in [0.1, 0.15) is 53.7 Å². The van der Waals surface area contributed by atoms with Crippen LogP contribution in [0.2, 0.25) is 0 Å². The molecule has 3 aromatic rings. The fraction of sp³-hybridized carbons (Fsp3) is 0.346. The maximum atomic E-state index is 13.4. The van der Waals surface area contributed by atoms with Crippen LogP contribution < -0.4 is 5.56 Å². The van der Waals surface area contributed by atoms with Gasteiger partial charge < -0.3 is 9.47 Å². The molecular weight excluding hydrogens is 518 g/mol. The van der Waals surface area contributed by atoms with Crippen LogP contribution in [0.3, 0.4) is 0 Å². The molecule has 8 heteroatoms. The molecule has 4 rings (SSSR count). The monoisotopic (exact) mass is 543 g/mol. The molecule has 0 spiro atoms. The maximum Gasteiger partial charge on any atom is 0.340 e. The lowest BCUT2D eigenvalue weighted by Crippen LogP contribution is -2.33. The number of carbonyl (C=O) groups excluding carboxylic acids is 2. The van der Waals surface area contributed by atoms with Crippen molar-refractivity contribution in [3.05, 3.63) is 74.0 Å². The van der Waals surface area contributed by atoms with Gasteiger partial charge in [0.2, 0.25) is 0 Å². The van der Waals surface area contributed by atoms with Gasteiger partial charge >= 0.3 is 11.9 Å². The number of benzene rings is 2. The molecule has 2 heterocycles. The van der Waals surface area contributed by atoms with E-state index in [1.54, 1.807) is 0 Å². The molecule has 178 valence electrons. The Morgan fingerprint density at radius 2 is 1.91 bits per heavy atom. The lowest BCUT2D eigenvalue weighted by Gasteiger charge is -2.18. The van der Waals surface area contributed by atoms with Crippen LogP contribution in [-0.4, -0.2) is 36.0 Å². The predicted molar refractivity (Wildman–Crippen MR) is 137 cm³/mol. The van der Waals surface area contributed by atoms with Crippen molar-refractivity contribution in [2.75, 3.05) is 19.5 Å². The van der Waals surface area contributed by atoms with E-state index in [-0.39, 0.29) is 10.0 Å². The van der Waals surface area contributed by atoms with Crippen LogP contribution >= 0.6 is 27.7 Å². The van der Waals surface area contributed by atoms with Gasteiger partial charge in [-0.2, -0.15) is 0 Å². The highest BCUT2D eigenvalue weighted by atomic mass is 79.9. The van der Waals surface area contributed by atoms with E-state index in [2.05, 4.69) is 22.9 Å². The van der Waals surface area contributed by atoms with Crippen molar-refractivity contribution in [3.8, 4) is 0 Å². The summed E-state index contributed by atoms with van der Waals surface area (Å²) in [5.74, 6) is -0.658. The Kier molecular flexibility index (Phi) is 7.78. The Bertz CT molecular complexity index is 1300. The molecule has 34 heavy (non-hydrogen) atoms. The fourth-order valence-electron chi connectivity index (χ4n) is 4.25. The van der Waals surface area contributed by atoms with Crippen molar-refractivity contribution in [2.45, 2.75) is 43.7 Å². The van der Waals surface area contributed by atoms with Crippen molar-refractivity contribution in [2.24, 2.45) is 0 Å². The summed E-state index contributed by atoms with van der Waals surface area (Å²) in [4.78, 5) is 39.2. The number of methoxy groups -OCH3 is 1. The van der Waals surface area contributed by atoms with Crippen molar-refractivity contribution in [1.29, 1.82) is 0 Å². The largest absolute Gasteiger partial charge is 0.465 e. The normalized spacial score (nSPS) is 14.7. The highest BCUT2D eigenvalue weighted by molar-refractivity contribution is 9.10. The summed E-state index contributed by atoms with van der Waals surface area (Å²) in [6.45, 7) is 2.40. The number of halogens is 1. The van der Waals surface area contributed by atoms with Crippen LogP contribution in [0.5, 0.6) is 0 Å². The van der Waals surface area contributed by atoms with Gasteiger partial charge in [-0.1, -0.05) is 62.2 Å². The molecule has 6 nitrogen and oxygen atoms in total. The lowest BCUT2D eigenvalue weighted by atomic mass is 9.96. The van der Waals surface area contributed by atoms with Crippen molar-refractivity contribution in [3.63, 3.8) is 0 Å². The number of nitrogens with zero attached hydrogens (tertiary/aromatic N) is 1. The minimum absolute atomic E-state index is 0.260. The molecule has 0 N–H and O–H groups in total. The molecule has 1 aliphatic heterocycles. The molecule has 0 saturated carbocycles. The Balaban J connectivity index is 1.78. The number of aromatic nitrogens is 1. The first-order valence-corrected chi connectivity index (χ1v) is 13.1. The third kappa shape index (κ3) is 4.66. The lowest BCUT2D eigenvalue weighted by molar-refractivity contribution is -0.147. The summed E-state index contributed by atoms with van der Waals surface area (Å²) in [6.07, 6.45) is 3.14. The van der Waals surface area contributed by atoms with Gasteiger partial charge in [-0.3, -0.25) is 9.36 Å². The van der Waals surface area contributed by atoms with Gasteiger partial charge in [0, 0.05) is 12.2 Å². The Hall–Kier alpha value is -2.58. The number of carbonyl (C=O) groups is 2. The quantitative estimate of drug-likeness (QED) is 0.275. The van der Waals surface area contributed by atoms with Crippen LogP contribution in [0, 0.1) is 0 Å². The van der Waals surface area contributed by atoms with Crippen molar-refractivity contribution < 1.29 is 19.1 Å². The molecule has 2 aromatic carbocycles. The van der Waals surface area contributed by atoms with Gasteiger partial charge in [-0.15, -0.1) is 11.8 Å². The molecule has 1 atom stereocenters. The first-order chi connectivity index (χ1) is 16.5. The number of esters is 2. The second-order valence-corrected chi connectivity index (χ2v) is 9.96. The molecule has 0 radical (unpaired) electrons.